The van der Waals surface area contributed by atoms with Crippen molar-refractivity contribution in [2.24, 2.45) is 0 Å². The summed E-state index contributed by atoms with van der Waals surface area (Å²) in [4.78, 5) is 13.7. The van der Waals surface area contributed by atoms with E-state index in [4.69, 9.17) is 4.74 Å². The number of rotatable bonds is 3. The normalized spacial score (nSPS) is 24.8. The van der Waals surface area contributed by atoms with Crippen LogP contribution >= 0.6 is 15.9 Å². The van der Waals surface area contributed by atoms with Gasteiger partial charge in [-0.1, -0.05) is 28.1 Å². The molecule has 2 fully saturated rings. The Hall–Kier alpha value is -1.07. The molecule has 1 saturated carbocycles. The SMILES string of the molecule is CC(C)(C)OC(=O)N1CC(NC2CC(c3ccc(Br)cc3)C2)C1. The average Bonchev–Trinajstić information content (AvgIpc) is 2.34. The van der Waals surface area contributed by atoms with Gasteiger partial charge in [-0.2, -0.15) is 0 Å². The standard InChI is InChI=1S/C18H25BrN2O2/c1-18(2,3)23-17(22)21-10-16(11-21)20-15-8-13(9-15)12-4-6-14(19)7-5-12/h4-7,13,15-16,20H,8-11H2,1-3H3. The van der Waals surface area contributed by atoms with Crippen LogP contribution in [0.2, 0.25) is 0 Å². The van der Waals surface area contributed by atoms with Crippen LogP contribution < -0.4 is 5.32 Å². The molecule has 126 valence electrons. The molecule has 5 heteroatoms. The maximum Gasteiger partial charge on any atom is 0.410 e. The van der Waals surface area contributed by atoms with Gasteiger partial charge in [-0.05, 0) is 57.2 Å². The van der Waals surface area contributed by atoms with Gasteiger partial charge in [0.05, 0.1) is 0 Å². The molecule has 0 spiro atoms. The first-order chi connectivity index (χ1) is 10.8. The van der Waals surface area contributed by atoms with Gasteiger partial charge < -0.3 is 15.0 Å². The molecule has 4 nitrogen and oxygen atoms in total. The molecule has 0 unspecified atom stereocenters. The summed E-state index contributed by atoms with van der Waals surface area (Å²) in [6.45, 7) is 7.22. The van der Waals surface area contributed by atoms with Crippen molar-refractivity contribution in [2.45, 2.75) is 57.2 Å². The van der Waals surface area contributed by atoms with Gasteiger partial charge in [0.25, 0.3) is 0 Å². The van der Waals surface area contributed by atoms with E-state index in [-0.39, 0.29) is 6.09 Å². The molecule has 1 aromatic carbocycles. The number of benzene rings is 1. The van der Waals surface area contributed by atoms with Gasteiger partial charge in [0.15, 0.2) is 0 Å². The minimum atomic E-state index is -0.415. The van der Waals surface area contributed by atoms with E-state index in [1.165, 1.54) is 18.4 Å². The van der Waals surface area contributed by atoms with Crippen molar-refractivity contribution in [1.82, 2.24) is 10.2 Å². The Morgan fingerprint density at radius 1 is 1.17 bits per heavy atom. The number of nitrogens with one attached hydrogen (secondary N) is 1. The monoisotopic (exact) mass is 380 g/mol. The molecule has 1 aliphatic heterocycles. The van der Waals surface area contributed by atoms with E-state index in [0.29, 0.717) is 18.0 Å². The van der Waals surface area contributed by atoms with Gasteiger partial charge in [0.2, 0.25) is 0 Å². The zero-order valence-electron chi connectivity index (χ0n) is 14.0. The van der Waals surface area contributed by atoms with Crippen LogP contribution in [0.15, 0.2) is 28.7 Å². The lowest BCUT2D eigenvalue weighted by Crippen LogP contribution is -2.63. The van der Waals surface area contributed by atoms with Crippen LogP contribution in [0.25, 0.3) is 0 Å². The van der Waals surface area contributed by atoms with Crippen LogP contribution in [-0.4, -0.2) is 41.8 Å². The van der Waals surface area contributed by atoms with Crippen LogP contribution in [0.4, 0.5) is 4.79 Å². The lowest BCUT2D eigenvalue weighted by Gasteiger charge is -2.45. The quantitative estimate of drug-likeness (QED) is 0.864. The Bertz CT molecular complexity index is 555. The maximum atomic E-state index is 11.9. The summed E-state index contributed by atoms with van der Waals surface area (Å²) in [6, 6.07) is 9.63. The highest BCUT2D eigenvalue weighted by atomic mass is 79.9. The molecular formula is C18H25BrN2O2. The van der Waals surface area contributed by atoms with E-state index >= 15 is 0 Å². The molecule has 1 aromatic rings. The van der Waals surface area contributed by atoms with Crippen LogP contribution in [-0.2, 0) is 4.74 Å². The Kier molecular flexibility index (Phi) is 4.70. The van der Waals surface area contributed by atoms with Crippen molar-refractivity contribution < 1.29 is 9.53 Å². The molecule has 23 heavy (non-hydrogen) atoms. The summed E-state index contributed by atoms with van der Waals surface area (Å²) in [6.07, 6.45) is 2.17. The molecular weight excluding hydrogens is 356 g/mol. The Morgan fingerprint density at radius 3 is 2.35 bits per heavy atom. The fourth-order valence-electron chi connectivity index (χ4n) is 3.15. The fraction of sp³-hybridized carbons (Fsp3) is 0.611. The van der Waals surface area contributed by atoms with Gasteiger partial charge in [-0.3, -0.25) is 0 Å². The highest BCUT2D eigenvalue weighted by Gasteiger charge is 2.38. The van der Waals surface area contributed by atoms with Crippen LogP contribution in [0, 0.1) is 0 Å². The highest BCUT2D eigenvalue weighted by Crippen LogP contribution is 2.37. The van der Waals surface area contributed by atoms with Gasteiger partial charge in [-0.15, -0.1) is 0 Å². The molecule has 1 saturated heterocycles. The molecule has 3 rings (SSSR count). The molecule has 1 amide bonds. The third kappa shape index (κ3) is 4.27. The van der Waals surface area contributed by atoms with E-state index < -0.39 is 5.60 Å². The summed E-state index contributed by atoms with van der Waals surface area (Å²) < 4.78 is 6.51. The van der Waals surface area contributed by atoms with E-state index in [9.17, 15) is 4.79 Å². The Balaban J connectivity index is 1.36. The van der Waals surface area contributed by atoms with Crippen molar-refractivity contribution in [3.8, 4) is 0 Å². The molecule has 2 aliphatic rings. The lowest BCUT2D eigenvalue weighted by atomic mass is 9.75. The zero-order valence-corrected chi connectivity index (χ0v) is 15.6. The molecule has 0 radical (unpaired) electrons. The van der Waals surface area contributed by atoms with Gasteiger partial charge in [0.1, 0.15) is 5.60 Å². The second-order valence-electron chi connectivity index (χ2n) is 7.67. The third-order valence-electron chi connectivity index (χ3n) is 4.48. The first-order valence-electron chi connectivity index (χ1n) is 8.29. The summed E-state index contributed by atoms with van der Waals surface area (Å²) >= 11 is 3.48. The number of hydrogen-bond donors (Lipinski definition) is 1. The Labute approximate surface area is 146 Å². The number of likely N-dealkylation sites (tertiary alicyclic amines) is 1. The first-order valence-corrected chi connectivity index (χ1v) is 9.09. The van der Waals surface area contributed by atoms with E-state index in [0.717, 1.165) is 17.6 Å². The fourth-order valence-corrected chi connectivity index (χ4v) is 3.42. The van der Waals surface area contributed by atoms with Crippen LogP contribution in [0.5, 0.6) is 0 Å². The number of hydrogen-bond acceptors (Lipinski definition) is 3. The number of carbonyl (C=O) groups is 1. The Morgan fingerprint density at radius 2 is 1.78 bits per heavy atom. The molecule has 0 bridgehead atoms. The third-order valence-corrected chi connectivity index (χ3v) is 5.01. The van der Waals surface area contributed by atoms with Crippen LogP contribution in [0.3, 0.4) is 0 Å². The minimum absolute atomic E-state index is 0.197. The number of amides is 1. The van der Waals surface area contributed by atoms with Crippen molar-refractivity contribution in [1.29, 1.82) is 0 Å². The number of halogens is 1. The molecule has 0 aromatic heterocycles. The molecule has 1 N–H and O–H groups in total. The summed E-state index contributed by atoms with van der Waals surface area (Å²) in [5, 5.41) is 3.65. The molecule has 0 atom stereocenters. The van der Waals surface area contributed by atoms with Gasteiger partial charge in [0, 0.05) is 29.6 Å². The van der Waals surface area contributed by atoms with Crippen molar-refractivity contribution in [2.75, 3.05) is 13.1 Å². The van der Waals surface area contributed by atoms with E-state index in [2.05, 4.69) is 45.5 Å². The van der Waals surface area contributed by atoms with Crippen molar-refractivity contribution >= 4 is 22.0 Å². The zero-order chi connectivity index (χ0) is 16.6. The van der Waals surface area contributed by atoms with E-state index in [1.54, 1.807) is 4.90 Å². The second kappa shape index (κ2) is 6.44. The van der Waals surface area contributed by atoms with Gasteiger partial charge in [-0.25, -0.2) is 4.79 Å². The van der Waals surface area contributed by atoms with E-state index in [1.807, 2.05) is 20.8 Å². The summed E-state index contributed by atoms with van der Waals surface area (Å²) in [5.74, 6) is 0.669. The lowest BCUT2D eigenvalue weighted by molar-refractivity contribution is 0.00259. The van der Waals surface area contributed by atoms with Crippen molar-refractivity contribution in [3.63, 3.8) is 0 Å². The predicted octanol–water partition coefficient (Wildman–Crippen LogP) is 3.90. The first kappa shape index (κ1) is 16.8. The number of ether oxygens (including phenoxy) is 1. The second-order valence-corrected chi connectivity index (χ2v) is 8.58. The minimum Gasteiger partial charge on any atom is -0.444 e. The maximum absolute atomic E-state index is 11.9. The average molecular weight is 381 g/mol. The van der Waals surface area contributed by atoms with Gasteiger partial charge >= 0.3 is 6.09 Å². The molecule has 1 aliphatic carbocycles. The van der Waals surface area contributed by atoms with Crippen molar-refractivity contribution in [3.05, 3.63) is 34.3 Å². The highest BCUT2D eigenvalue weighted by molar-refractivity contribution is 9.10. The number of nitrogens with zero attached hydrogens (tertiary/aromatic N) is 1. The number of carbonyl (C=O) groups excluding carboxylic acids is 1. The van der Waals surface area contributed by atoms with Crippen LogP contribution in [0.1, 0.15) is 45.1 Å². The smallest absolute Gasteiger partial charge is 0.410 e. The predicted molar refractivity (Wildman–Crippen MR) is 94.6 cm³/mol. The molecule has 1 heterocycles. The summed E-state index contributed by atoms with van der Waals surface area (Å²) in [5.41, 5.74) is 1.01. The summed E-state index contributed by atoms with van der Waals surface area (Å²) in [7, 11) is 0. The topological polar surface area (TPSA) is 41.6 Å². The largest absolute Gasteiger partial charge is 0.444 e.